The summed E-state index contributed by atoms with van der Waals surface area (Å²) in [5, 5.41) is 11.8. The maximum absolute atomic E-state index is 11.9. The first-order chi connectivity index (χ1) is 11.5. The predicted octanol–water partition coefficient (Wildman–Crippen LogP) is 1.84. The van der Waals surface area contributed by atoms with Crippen LogP contribution in [-0.2, 0) is 20.8 Å². The highest BCUT2D eigenvalue weighted by Gasteiger charge is 2.20. The number of rotatable bonds is 10. The Bertz CT molecular complexity index is 541. The molecule has 24 heavy (non-hydrogen) atoms. The molecular formula is C18H26N2O4. The number of benzene rings is 1. The number of hydrogen-bond acceptors (Lipinski definition) is 3. The zero-order valence-electron chi connectivity index (χ0n) is 14.3. The van der Waals surface area contributed by atoms with Crippen molar-refractivity contribution < 1.29 is 19.5 Å². The SMILES string of the molecule is CCN(CC)C(=O)CCCC(=O)N[C@H](Cc1ccccc1)C(=O)O. The summed E-state index contributed by atoms with van der Waals surface area (Å²) in [5.41, 5.74) is 0.849. The number of hydrogen-bond donors (Lipinski definition) is 2. The van der Waals surface area contributed by atoms with E-state index < -0.39 is 12.0 Å². The quantitative estimate of drug-likeness (QED) is 0.683. The minimum Gasteiger partial charge on any atom is -0.480 e. The number of carboxylic acid groups (broad SMARTS) is 1. The summed E-state index contributed by atoms with van der Waals surface area (Å²) < 4.78 is 0. The molecule has 0 radical (unpaired) electrons. The third kappa shape index (κ3) is 6.81. The highest BCUT2D eigenvalue weighted by Crippen LogP contribution is 2.05. The van der Waals surface area contributed by atoms with Gasteiger partial charge in [-0.3, -0.25) is 9.59 Å². The molecule has 0 aliphatic carbocycles. The average Bonchev–Trinajstić information content (AvgIpc) is 2.56. The molecule has 1 aromatic rings. The van der Waals surface area contributed by atoms with Crippen LogP contribution in [0.3, 0.4) is 0 Å². The van der Waals surface area contributed by atoms with Crippen LogP contribution in [0, 0.1) is 0 Å². The van der Waals surface area contributed by atoms with Gasteiger partial charge < -0.3 is 15.3 Å². The Morgan fingerprint density at radius 3 is 2.25 bits per heavy atom. The lowest BCUT2D eigenvalue weighted by atomic mass is 10.1. The summed E-state index contributed by atoms with van der Waals surface area (Å²) in [6, 6.07) is 8.20. The number of amides is 2. The molecule has 132 valence electrons. The van der Waals surface area contributed by atoms with Gasteiger partial charge in [0, 0.05) is 32.4 Å². The molecule has 2 N–H and O–H groups in total. The smallest absolute Gasteiger partial charge is 0.326 e. The molecule has 0 aromatic heterocycles. The molecule has 0 fully saturated rings. The number of aliphatic carboxylic acids is 1. The van der Waals surface area contributed by atoms with Crippen molar-refractivity contribution in [1.29, 1.82) is 0 Å². The van der Waals surface area contributed by atoms with Crippen LogP contribution < -0.4 is 5.32 Å². The van der Waals surface area contributed by atoms with Crippen molar-refractivity contribution in [3.05, 3.63) is 35.9 Å². The van der Waals surface area contributed by atoms with Gasteiger partial charge >= 0.3 is 5.97 Å². The fraction of sp³-hybridized carbons (Fsp3) is 0.500. The van der Waals surface area contributed by atoms with Gasteiger partial charge in [-0.15, -0.1) is 0 Å². The van der Waals surface area contributed by atoms with Crippen molar-refractivity contribution in [2.45, 2.75) is 45.6 Å². The third-order valence-corrected chi connectivity index (χ3v) is 3.83. The highest BCUT2D eigenvalue weighted by molar-refractivity contribution is 5.84. The standard InChI is InChI=1S/C18H26N2O4/c1-3-20(4-2)17(22)12-8-11-16(21)19-15(18(23)24)13-14-9-6-5-7-10-14/h5-7,9-10,15H,3-4,8,11-13H2,1-2H3,(H,19,21)(H,23,24)/t15-/m1/s1. The first kappa shape index (κ1) is 19.7. The first-order valence-corrected chi connectivity index (χ1v) is 8.31. The predicted molar refractivity (Wildman–Crippen MR) is 91.5 cm³/mol. The summed E-state index contributed by atoms with van der Waals surface area (Å²) in [7, 11) is 0. The Hall–Kier alpha value is -2.37. The van der Waals surface area contributed by atoms with E-state index in [1.165, 1.54) is 0 Å². The first-order valence-electron chi connectivity index (χ1n) is 8.31. The molecule has 0 unspecified atom stereocenters. The van der Waals surface area contributed by atoms with E-state index in [1.807, 2.05) is 44.2 Å². The molecule has 2 amide bonds. The molecule has 0 aliphatic rings. The Kier molecular flexibility index (Phi) is 8.54. The Balaban J connectivity index is 2.43. The second kappa shape index (κ2) is 10.4. The molecule has 0 bridgehead atoms. The van der Waals surface area contributed by atoms with E-state index >= 15 is 0 Å². The Morgan fingerprint density at radius 2 is 1.71 bits per heavy atom. The molecule has 0 aliphatic heterocycles. The van der Waals surface area contributed by atoms with E-state index in [0.29, 0.717) is 25.9 Å². The van der Waals surface area contributed by atoms with Gasteiger partial charge in [0.2, 0.25) is 11.8 Å². The van der Waals surface area contributed by atoms with E-state index in [1.54, 1.807) is 4.90 Å². The van der Waals surface area contributed by atoms with E-state index in [9.17, 15) is 19.5 Å². The van der Waals surface area contributed by atoms with Crippen LogP contribution in [0.5, 0.6) is 0 Å². The molecular weight excluding hydrogens is 308 g/mol. The van der Waals surface area contributed by atoms with Gasteiger partial charge in [0.15, 0.2) is 0 Å². The van der Waals surface area contributed by atoms with Gasteiger partial charge in [-0.1, -0.05) is 30.3 Å². The van der Waals surface area contributed by atoms with Crippen molar-refractivity contribution in [1.82, 2.24) is 10.2 Å². The van der Waals surface area contributed by atoms with Crippen molar-refractivity contribution in [2.24, 2.45) is 0 Å². The Labute approximate surface area is 142 Å². The number of carbonyl (C=O) groups excluding carboxylic acids is 2. The zero-order chi connectivity index (χ0) is 17.9. The zero-order valence-corrected chi connectivity index (χ0v) is 14.3. The molecule has 1 rings (SSSR count). The van der Waals surface area contributed by atoms with Crippen LogP contribution in [0.4, 0.5) is 0 Å². The van der Waals surface area contributed by atoms with Gasteiger partial charge in [-0.05, 0) is 25.8 Å². The van der Waals surface area contributed by atoms with E-state index in [2.05, 4.69) is 5.32 Å². The lowest BCUT2D eigenvalue weighted by Crippen LogP contribution is -2.42. The fourth-order valence-corrected chi connectivity index (χ4v) is 2.45. The number of nitrogens with one attached hydrogen (secondary N) is 1. The molecule has 0 heterocycles. The largest absolute Gasteiger partial charge is 0.480 e. The molecule has 6 heteroatoms. The molecule has 0 spiro atoms. The van der Waals surface area contributed by atoms with Crippen LogP contribution in [0.25, 0.3) is 0 Å². The maximum Gasteiger partial charge on any atom is 0.326 e. The molecule has 0 saturated heterocycles. The number of carboxylic acids is 1. The summed E-state index contributed by atoms with van der Waals surface area (Å²) in [5.74, 6) is -1.39. The van der Waals surface area contributed by atoms with Crippen molar-refractivity contribution in [3.8, 4) is 0 Å². The van der Waals surface area contributed by atoms with E-state index in [0.717, 1.165) is 5.56 Å². The van der Waals surface area contributed by atoms with Crippen molar-refractivity contribution in [3.63, 3.8) is 0 Å². The second-order valence-electron chi connectivity index (χ2n) is 5.57. The molecule has 6 nitrogen and oxygen atoms in total. The second-order valence-corrected chi connectivity index (χ2v) is 5.57. The molecule has 1 aromatic carbocycles. The minimum absolute atomic E-state index is 0.0203. The van der Waals surface area contributed by atoms with Crippen LogP contribution in [0.2, 0.25) is 0 Å². The summed E-state index contributed by atoms with van der Waals surface area (Å²) in [6.45, 7) is 5.13. The topological polar surface area (TPSA) is 86.7 Å². The van der Waals surface area contributed by atoms with Crippen LogP contribution in [-0.4, -0.2) is 46.9 Å². The van der Waals surface area contributed by atoms with Gasteiger partial charge in [0.25, 0.3) is 0 Å². The van der Waals surface area contributed by atoms with Gasteiger partial charge in [-0.2, -0.15) is 0 Å². The third-order valence-electron chi connectivity index (χ3n) is 3.83. The average molecular weight is 334 g/mol. The van der Waals surface area contributed by atoms with Crippen LogP contribution in [0.1, 0.15) is 38.7 Å². The van der Waals surface area contributed by atoms with E-state index in [4.69, 9.17) is 0 Å². The summed E-state index contributed by atoms with van der Waals surface area (Å²) >= 11 is 0. The fourth-order valence-electron chi connectivity index (χ4n) is 2.45. The van der Waals surface area contributed by atoms with Gasteiger partial charge in [-0.25, -0.2) is 4.79 Å². The summed E-state index contributed by atoms with van der Waals surface area (Å²) in [6.07, 6.45) is 1.09. The van der Waals surface area contributed by atoms with Gasteiger partial charge in [0.05, 0.1) is 0 Å². The summed E-state index contributed by atoms with van der Waals surface area (Å²) in [4.78, 5) is 36.8. The molecule has 0 saturated carbocycles. The Morgan fingerprint density at radius 1 is 1.08 bits per heavy atom. The minimum atomic E-state index is -1.06. The normalized spacial score (nSPS) is 11.6. The highest BCUT2D eigenvalue weighted by atomic mass is 16.4. The van der Waals surface area contributed by atoms with Crippen molar-refractivity contribution in [2.75, 3.05) is 13.1 Å². The van der Waals surface area contributed by atoms with Crippen molar-refractivity contribution >= 4 is 17.8 Å². The van der Waals surface area contributed by atoms with Crippen LogP contribution >= 0.6 is 0 Å². The lowest BCUT2D eigenvalue weighted by molar-refractivity contribution is -0.142. The van der Waals surface area contributed by atoms with Gasteiger partial charge in [0.1, 0.15) is 6.04 Å². The number of nitrogens with zero attached hydrogens (tertiary/aromatic N) is 1. The number of carbonyl (C=O) groups is 3. The van der Waals surface area contributed by atoms with Crippen LogP contribution in [0.15, 0.2) is 30.3 Å². The molecule has 1 atom stereocenters. The van der Waals surface area contributed by atoms with E-state index in [-0.39, 0.29) is 24.7 Å². The maximum atomic E-state index is 11.9. The monoisotopic (exact) mass is 334 g/mol. The lowest BCUT2D eigenvalue weighted by Gasteiger charge is -2.18.